The van der Waals surface area contributed by atoms with E-state index in [1.54, 1.807) is 6.07 Å². The third kappa shape index (κ3) is 2.65. The third-order valence-electron chi connectivity index (χ3n) is 4.01. The van der Waals surface area contributed by atoms with E-state index in [9.17, 15) is 9.18 Å². The van der Waals surface area contributed by atoms with Crippen molar-refractivity contribution in [3.63, 3.8) is 0 Å². The Kier molecular flexibility index (Phi) is 4.86. The van der Waals surface area contributed by atoms with E-state index >= 15 is 0 Å². The average molecular weight is 329 g/mol. The standard InChI is InChI=1S/C15H17FN2OS.ClH/c1-9-13-11(16)5-2-6-12(13)20-14(9)15(19)18-7-3-4-10(18)8-17;/h2,5-6,10H,3-4,7-8,17H2,1H3;1H. The number of hydrogen-bond acceptors (Lipinski definition) is 3. The fraction of sp³-hybridized carbons (Fsp3) is 0.400. The van der Waals surface area contributed by atoms with Crippen molar-refractivity contribution in [3.8, 4) is 0 Å². The van der Waals surface area contributed by atoms with Crippen LogP contribution >= 0.6 is 23.7 Å². The maximum Gasteiger partial charge on any atom is 0.264 e. The second-order valence-corrected chi connectivity index (χ2v) is 6.25. The van der Waals surface area contributed by atoms with Gasteiger partial charge in [0.2, 0.25) is 0 Å². The first-order chi connectivity index (χ1) is 9.63. The molecule has 1 aliphatic rings. The van der Waals surface area contributed by atoms with E-state index in [0.29, 0.717) is 16.8 Å². The van der Waals surface area contributed by atoms with Gasteiger partial charge in [-0.1, -0.05) is 6.07 Å². The van der Waals surface area contributed by atoms with Crippen molar-refractivity contribution in [2.75, 3.05) is 13.1 Å². The lowest BCUT2D eigenvalue weighted by Crippen LogP contribution is -2.39. The summed E-state index contributed by atoms with van der Waals surface area (Å²) in [7, 11) is 0. The van der Waals surface area contributed by atoms with Gasteiger partial charge < -0.3 is 10.6 Å². The molecule has 3 rings (SSSR count). The summed E-state index contributed by atoms with van der Waals surface area (Å²) < 4.78 is 14.7. The smallest absolute Gasteiger partial charge is 0.264 e. The zero-order valence-electron chi connectivity index (χ0n) is 11.8. The number of carbonyl (C=O) groups is 1. The molecule has 2 aromatic rings. The maximum atomic E-state index is 13.9. The van der Waals surface area contributed by atoms with Crippen molar-refractivity contribution in [3.05, 3.63) is 34.5 Å². The minimum atomic E-state index is -0.257. The fourth-order valence-electron chi connectivity index (χ4n) is 2.94. The van der Waals surface area contributed by atoms with Gasteiger partial charge in [-0.3, -0.25) is 4.79 Å². The number of aryl methyl sites for hydroxylation is 1. The van der Waals surface area contributed by atoms with Crippen molar-refractivity contribution >= 4 is 39.7 Å². The van der Waals surface area contributed by atoms with Crippen LogP contribution in [0.4, 0.5) is 4.39 Å². The zero-order chi connectivity index (χ0) is 14.3. The first-order valence-corrected chi connectivity index (χ1v) is 7.63. The number of hydrogen-bond donors (Lipinski definition) is 1. The van der Waals surface area contributed by atoms with E-state index in [0.717, 1.165) is 29.6 Å². The van der Waals surface area contributed by atoms with Crippen molar-refractivity contribution in [1.29, 1.82) is 0 Å². The summed E-state index contributed by atoms with van der Waals surface area (Å²) in [6, 6.07) is 5.10. The number of nitrogens with two attached hydrogens (primary N) is 1. The molecule has 1 atom stereocenters. The predicted octanol–water partition coefficient (Wildman–Crippen LogP) is 3.33. The molecule has 2 N–H and O–H groups in total. The summed E-state index contributed by atoms with van der Waals surface area (Å²) >= 11 is 1.37. The van der Waals surface area contributed by atoms with Gasteiger partial charge in [0.15, 0.2) is 0 Å². The largest absolute Gasteiger partial charge is 0.334 e. The van der Waals surface area contributed by atoms with Crippen LogP contribution in [0.5, 0.6) is 0 Å². The summed E-state index contributed by atoms with van der Waals surface area (Å²) in [6.07, 6.45) is 1.95. The van der Waals surface area contributed by atoms with Crippen molar-refractivity contribution in [1.82, 2.24) is 4.90 Å². The van der Waals surface area contributed by atoms with Crippen molar-refractivity contribution in [2.24, 2.45) is 5.73 Å². The molecule has 0 spiro atoms. The molecule has 2 heterocycles. The highest BCUT2D eigenvalue weighted by Gasteiger charge is 2.30. The average Bonchev–Trinajstić information content (AvgIpc) is 3.03. The predicted molar refractivity (Wildman–Crippen MR) is 86.9 cm³/mol. The van der Waals surface area contributed by atoms with E-state index in [-0.39, 0.29) is 30.2 Å². The van der Waals surface area contributed by atoms with Crippen LogP contribution in [0.3, 0.4) is 0 Å². The van der Waals surface area contributed by atoms with Gasteiger partial charge in [-0.05, 0) is 37.5 Å². The molecule has 0 bridgehead atoms. The molecular formula is C15H18ClFN2OS. The summed E-state index contributed by atoms with van der Waals surface area (Å²) in [4.78, 5) is 15.2. The second-order valence-electron chi connectivity index (χ2n) is 5.20. The van der Waals surface area contributed by atoms with E-state index < -0.39 is 0 Å². The molecule has 0 saturated carbocycles. The van der Waals surface area contributed by atoms with Gasteiger partial charge in [-0.15, -0.1) is 23.7 Å². The first kappa shape index (κ1) is 16.2. The van der Waals surface area contributed by atoms with E-state index in [1.165, 1.54) is 17.4 Å². The van der Waals surface area contributed by atoms with Crippen LogP contribution in [-0.4, -0.2) is 29.9 Å². The number of amides is 1. The lowest BCUT2D eigenvalue weighted by Gasteiger charge is -2.23. The highest BCUT2D eigenvalue weighted by Crippen LogP contribution is 2.34. The number of rotatable bonds is 2. The van der Waals surface area contributed by atoms with Crippen LogP contribution in [0.15, 0.2) is 18.2 Å². The molecule has 21 heavy (non-hydrogen) atoms. The molecule has 0 aliphatic carbocycles. The Hall–Kier alpha value is -1.17. The monoisotopic (exact) mass is 328 g/mol. The molecule has 0 radical (unpaired) electrons. The molecule has 3 nitrogen and oxygen atoms in total. The number of thiophene rings is 1. The van der Waals surface area contributed by atoms with Crippen LogP contribution in [0.1, 0.15) is 28.1 Å². The van der Waals surface area contributed by atoms with E-state index in [4.69, 9.17) is 5.73 Å². The van der Waals surface area contributed by atoms with Gasteiger partial charge in [0.1, 0.15) is 5.82 Å². The number of halogens is 2. The van der Waals surface area contributed by atoms with Gasteiger partial charge in [-0.2, -0.15) is 0 Å². The second kappa shape index (κ2) is 6.30. The Morgan fingerprint density at radius 3 is 2.95 bits per heavy atom. The third-order valence-corrected chi connectivity index (χ3v) is 5.25. The zero-order valence-corrected chi connectivity index (χ0v) is 13.4. The van der Waals surface area contributed by atoms with Crippen LogP contribution in [0, 0.1) is 12.7 Å². The Morgan fingerprint density at radius 2 is 2.29 bits per heavy atom. The molecule has 1 aliphatic heterocycles. The van der Waals surface area contributed by atoms with Crippen LogP contribution < -0.4 is 5.73 Å². The highest BCUT2D eigenvalue weighted by molar-refractivity contribution is 7.21. The quantitative estimate of drug-likeness (QED) is 0.919. The Bertz CT molecular complexity index is 673. The lowest BCUT2D eigenvalue weighted by molar-refractivity contribution is 0.0745. The van der Waals surface area contributed by atoms with Crippen LogP contribution in [0.25, 0.3) is 10.1 Å². The van der Waals surface area contributed by atoms with Crippen molar-refractivity contribution < 1.29 is 9.18 Å². The Labute approximate surface area is 133 Å². The minimum Gasteiger partial charge on any atom is -0.334 e. The van der Waals surface area contributed by atoms with Crippen LogP contribution in [0.2, 0.25) is 0 Å². The molecule has 1 unspecified atom stereocenters. The van der Waals surface area contributed by atoms with Crippen molar-refractivity contribution in [2.45, 2.75) is 25.8 Å². The minimum absolute atomic E-state index is 0. The van der Waals surface area contributed by atoms with E-state index in [2.05, 4.69) is 0 Å². The topological polar surface area (TPSA) is 46.3 Å². The number of fused-ring (bicyclic) bond motifs is 1. The molecule has 1 amide bonds. The fourth-order valence-corrected chi connectivity index (χ4v) is 4.11. The van der Waals surface area contributed by atoms with Gasteiger partial charge >= 0.3 is 0 Å². The number of likely N-dealkylation sites (tertiary alicyclic amines) is 1. The SMILES string of the molecule is Cc1c(C(=O)N2CCCC2CN)sc2cccc(F)c12.Cl. The van der Waals surface area contributed by atoms with Gasteiger partial charge in [0, 0.05) is 29.2 Å². The Balaban J connectivity index is 0.00000161. The first-order valence-electron chi connectivity index (χ1n) is 6.82. The summed E-state index contributed by atoms with van der Waals surface area (Å²) in [5, 5.41) is 0.573. The Morgan fingerprint density at radius 1 is 1.52 bits per heavy atom. The number of nitrogens with zero attached hydrogens (tertiary/aromatic N) is 1. The summed E-state index contributed by atoms with van der Waals surface area (Å²) in [5.41, 5.74) is 6.47. The molecule has 1 aromatic heterocycles. The summed E-state index contributed by atoms with van der Waals surface area (Å²) in [5.74, 6) is -0.261. The van der Waals surface area contributed by atoms with Crippen LogP contribution in [-0.2, 0) is 0 Å². The maximum absolute atomic E-state index is 13.9. The van der Waals surface area contributed by atoms with E-state index in [1.807, 2.05) is 17.9 Å². The molecule has 1 fully saturated rings. The number of benzene rings is 1. The molecular weight excluding hydrogens is 311 g/mol. The lowest BCUT2D eigenvalue weighted by atomic mass is 10.1. The van der Waals surface area contributed by atoms with Gasteiger partial charge in [0.25, 0.3) is 5.91 Å². The molecule has 1 saturated heterocycles. The van der Waals surface area contributed by atoms with Gasteiger partial charge in [-0.25, -0.2) is 4.39 Å². The molecule has 6 heteroatoms. The molecule has 1 aromatic carbocycles. The number of carbonyl (C=O) groups excluding carboxylic acids is 1. The summed E-state index contributed by atoms with van der Waals surface area (Å²) in [6.45, 7) is 3.06. The normalized spacial score (nSPS) is 18.0. The highest BCUT2D eigenvalue weighted by atomic mass is 35.5. The molecule has 114 valence electrons. The van der Waals surface area contributed by atoms with Gasteiger partial charge in [0.05, 0.1) is 4.88 Å².